The smallest absolute Gasteiger partial charge is 0.126 e. The molecule has 1 rings (SSSR count). The van der Waals surface area contributed by atoms with Gasteiger partial charge in [-0.25, -0.2) is 4.39 Å². The Labute approximate surface area is 91.7 Å². The first kappa shape index (κ1) is 12.2. The number of hydrogen-bond acceptors (Lipinski definition) is 1. The van der Waals surface area contributed by atoms with E-state index in [-0.39, 0.29) is 5.82 Å². The Morgan fingerprint density at radius 2 is 2.00 bits per heavy atom. The van der Waals surface area contributed by atoms with Crippen molar-refractivity contribution in [3.8, 4) is 0 Å². The molecular weight excluding hydrogens is 189 g/mol. The molecule has 84 valence electrons. The summed E-state index contributed by atoms with van der Waals surface area (Å²) in [4.78, 5) is 0. The third-order valence-electron chi connectivity index (χ3n) is 3.00. The Hall–Kier alpha value is -0.890. The van der Waals surface area contributed by atoms with Crippen LogP contribution in [0, 0.1) is 11.7 Å². The molecule has 2 atom stereocenters. The van der Waals surface area contributed by atoms with Gasteiger partial charge in [0.05, 0.1) is 0 Å². The zero-order chi connectivity index (χ0) is 11.3. The Kier molecular flexibility index (Phi) is 4.76. The fourth-order valence-electron chi connectivity index (χ4n) is 2.04. The van der Waals surface area contributed by atoms with Crippen LogP contribution in [-0.2, 0) is 6.42 Å². The standard InChI is InChI=1S/C13H20FN/c1-4-13(15-3)10(2)9-11-7-5-6-8-12(11)14/h5-8,10,13,15H,4,9H2,1-3H3. The zero-order valence-electron chi connectivity index (χ0n) is 9.76. The molecule has 0 aliphatic carbocycles. The zero-order valence-corrected chi connectivity index (χ0v) is 9.76. The minimum Gasteiger partial charge on any atom is -0.317 e. The molecule has 0 spiro atoms. The summed E-state index contributed by atoms with van der Waals surface area (Å²) < 4.78 is 13.4. The number of benzene rings is 1. The van der Waals surface area contributed by atoms with Gasteiger partial charge in [-0.2, -0.15) is 0 Å². The lowest BCUT2D eigenvalue weighted by Gasteiger charge is -2.22. The highest BCUT2D eigenvalue weighted by molar-refractivity contribution is 5.18. The molecule has 0 aliphatic rings. The van der Waals surface area contributed by atoms with Crippen molar-refractivity contribution >= 4 is 0 Å². The molecule has 0 aliphatic heterocycles. The van der Waals surface area contributed by atoms with Crippen molar-refractivity contribution in [3.63, 3.8) is 0 Å². The Balaban J connectivity index is 2.65. The summed E-state index contributed by atoms with van der Waals surface area (Å²) in [5.41, 5.74) is 0.818. The Morgan fingerprint density at radius 3 is 2.53 bits per heavy atom. The predicted octanol–water partition coefficient (Wildman–Crippen LogP) is 3.00. The van der Waals surface area contributed by atoms with Crippen LogP contribution in [0.2, 0.25) is 0 Å². The van der Waals surface area contributed by atoms with E-state index in [1.807, 2.05) is 19.2 Å². The fraction of sp³-hybridized carbons (Fsp3) is 0.538. The van der Waals surface area contributed by atoms with Crippen LogP contribution in [0.3, 0.4) is 0 Å². The number of halogens is 1. The molecule has 15 heavy (non-hydrogen) atoms. The number of rotatable bonds is 5. The van der Waals surface area contributed by atoms with Crippen LogP contribution in [0.5, 0.6) is 0 Å². The van der Waals surface area contributed by atoms with E-state index in [0.29, 0.717) is 12.0 Å². The normalized spacial score (nSPS) is 14.9. The highest BCUT2D eigenvalue weighted by Gasteiger charge is 2.15. The van der Waals surface area contributed by atoms with Gasteiger partial charge in [0.1, 0.15) is 5.82 Å². The van der Waals surface area contributed by atoms with E-state index in [4.69, 9.17) is 0 Å². The third kappa shape index (κ3) is 3.31. The molecule has 0 aromatic heterocycles. The van der Waals surface area contributed by atoms with E-state index in [1.54, 1.807) is 6.07 Å². The van der Waals surface area contributed by atoms with Gasteiger partial charge in [-0.1, -0.05) is 32.0 Å². The van der Waals surface area contributed by atoms with Gasteiger partial charge in [-0.15, -0.1) is 0 Å². The first-order valence-electron chi connectivity index (χ1n) is 5.59. The van der Waals surface area contributed by atoms with Crippen LogP contribution in [-0.4, -0.2) is 13.1 Å². The van der Waals surface area contributed by atoms with Gasteiger partial charge in [-0.3, -0.25) is 0 Å². The van der Waals surface area contributed by atoms with Crippen LogP contribution in [0.15, 0.2) is 24.3 Å². The van der Waals surface area contributed by atoms with Gasteiger partial charge >= 0.3 is 0 Å². The second kappa shape index (κ2) is 5.86. The average Bonchev–Trinajstić information content (AvgIpc) is 2.23. The molecule has 0 radical (unpaired) electrons. The van der Waals surface area contributed by atoms with Crippen molar-refractivity contribution in [2.24, 2.45) is 5.92 Å². The van der Waals surface area contributed by atoms with E-state index in [0.717, 1.165) is 18.4 Å². The monoisotopic (exact) mass is 209 g/mol. The summed E-state index contributed by atoms with van der Waals surface area (Å²) in [6, 6.07) is 7.49. The highest BCUT2D eigenvalue weighted by Crippen LogP contribution is 2.16. The molecule has 0 amide bonds. The van der Waals surface area contributed by atoms with E-state index >= 15 is 0 Å². The maximum atomic E-state index is 13.4. The van der Waals surface area contributed by atoms with Crippen LogP contribution < -0.4 is 5.32 Å². The summed E-state index contributed by atoms with van der Waals surface area (Å²) >= 11 is 0. The van der Waals surface area contributed by atoms with E-state index in [1.165, 1.54) is 6.07 Å². The van der Waals surface area contributed by atoms with Gasteiger partial charge in [0.25, 0.3) is 0 Å². The van der Waals surface area contributed by atoms with Crippen LogP contribution in [0.1, 0.15) is 25.8 Å². The summed E-state index contributed by atoms with van der Waals surface area (Å²) in [7, 11) is 1.96. The van der Waals surface area contributed by atoms with E-state index in [9.17, 15) is 4.39 Å². The molecule has 1 aromatic carbocycles. The highest BCUT2D eigenvalue weighted by atomic mass is 19.1. The van der Waals surface area contributed by atoms with Crippen molar-refractivity contribution in [1.82, 2.24) is 5.32 Å². The van der Waals surface area contributed by atoms with Crippen molar-refractivity contribution < 1.29 is 4.39 Å². The first-order chi connectivity index (χ1) is 7.19. The van der Waals surface area contributed by atoms with Gasteiger partial charge in [0.15, 0.2) is 0 Å². The lowest BCUT2D eigenvalue weighted by atomic mass is 9.92. The second-order valence-corrected chi connectivity index (χ2v) is 4.08. The van der Waals surface area contributed by atoms with E-state index in [2.05, 4.69) is 19.2 Å². The molecule has 1 nitrogen and oxygen atoms in total. The molecular formula is C13H20FN. The largest absolute Gasteiger partial charge is 0.317 e. The molecule has 1 N–H and O–H groups in total. The summed E-state index contributed by atoms with van der Waals surface area (Å²) in [5, 5.41) is 3.27. The Bertz CT molecular complexity index is 294. The van der Waals surface area contributed by atoms with Crippen LogP contribution in [0.25, 0.3) is 0 Å². The van der Waals surface area contributed by atoms with Crippen LogP contribution >= 0.6 is 0 Å². The van der Waals surface area contributed by atoms with E-state index < -0.39 is 0 Å². The summed E-state index contributed by atoms with van der Waals surface area (Å²) in [6.07, 6.45) is 1.87. The van der Waals surface area contributed by atoms with Crippen molar-refractivity contribution in [1.29, 1.82) is 0 Å². The quantitative estimate of drug-likeness (QED) is 0.786. The number of hydrogen-bond donors (Lipinski definition) is 1. The first-order valence-corrected chi connectivity index (χ1v) is 5.59. The molecule has 0 heterocycles. The van der Waals surface area contributed by atoms with Gasteiger partial charge in [-0.05, 0) is 37.4 Å². The van der Waals surface area contributed by atoms with Gasteiger partial charge < -0.3 is 5.32 Å². The molecule has 0 saturated heterocycles. The fourth-order valence-corrected chi connectivity index (χ4v) is 2.04. The van der Waals surface area contributed by atoms with Gasteiger partial charge in [0.2, 0.25) is 0 Å². The SMILES string of the molecule is CCC(NC)C(C)Cc1ccccc1F. The van der Waals surface area contributed by atoms with Crippen molar-refractivity contribution in [2.75, 3.05) is 7.05 Å². The van der Waals surface area contributed by atoms with Crippen molar-refractivity contribution in [3.05, 3.63) is 35.6 Å². The summed E-state index contributed by atoms with van der Waals surface area (Å²) in [5.74, 6) is 0.368. The molecule has 0 fully saturated rings. The maximum absolute atomic E-state index is 13.4. The molecule has 2 heteroatoms. The Morgan fingerprint density at radius 1 is 1.33 bits per heavy atom. The van der Waals surface area contributed by atoms with Crippen LogP contribution in [0.4, 0.5) is 4.39 Å². The third-order valence-corrected chi connectivity index (χ3v) is 3.00. The summed E-state index contributed by atoms with van der Waals surface area (Å²) in [6.45, 7) is 4.32. The molecule has 0 bridgehead atoms. The lowest BCUT2D eigenvalue weighted by molar-refractivity contribution is 0.382. The average molecular weight is 209 g/mol. The minimum absolute atomic E-state index is 0.0877. The second-order valence-electron chi connectivity index (χ2n) is 4.08. The van der Waals surface area contributed by atoms with Crippen molar-refractivity contribution in [2.45, 2.75) is 32.7 Å². The minimum atomic E-state index is -0.0877. The molecule has 1 aromatic rings. The predicted molar refractivity (Wildman–Crippen MR) is 62.4 cm³/mol. The lowest BCUT2D eigenvalue weighted by Crippen LogP contribution is -2.32. The number of nitrogens with one attached hydrogen (secondary N) is 1. The maximum Gasteiger partial charge on any atom is 0.126 e. The topological polar surface area (TPSA) is 12.0 Å². The van der Waals surface area contributed by atoms with Gasteiger partial charge in [0, 0.05) is 6.04 Å². The molecule has 2 unspecified atom stereocenters. The molecule has 0 saturated carbocycles.